The Balaban J connectivity index is 1.88. The van der Waals surface area contributed by atoms with Crippen molar-refractivity contribution in [2.75, 3.05) is 11.9 Å². The minimum atomic E-state index is -4.48. The molecule has 3 nitrogen and oxygen atoms in total. The third-order valence-electron chi connectivity index (χ3n) is 3.13. The van der Waals surface area contributed by atoms with Crippen LogP contribution >= 0.6 is 15.9 Å². The van der Waals surface area contributed by atoms with Crippen LogP contribution in [0.3, 0.4) is 0 Å². The quantitative estimate of drug-likeness (QED) is 0.727. The highest BCUT2D eigenvalue weighted by Gasteiger charge is 2.33. The van der Waals surface area contributed by atoms with Gasteiger partial charge in [0.2, 0.25) is 5.91 Å². The van der Waals surface area contributed by atoms with Crippen LogP contribution < -0.4 is 10.6 Å². The molecule has 8 heteroatoms. The molecule has 0 radical (unpaired) electrons. The molecule has 0 unspecified atom stereocenters. The van der Waals surface area contributed by atoms with Gasteiger partial charge in [-0.15, -0.1) is 0 Å². The van der Waals surface area contributed by atoms with E-state index in [4.69, 9.17) is 0 Å². The highest BCUT2D eigenvalue weighted by atomic mass is 79.9. The van der Waals surface area contributed by atoms with E-state index in [1.165, 1.54) is 36.4 Å². The topological polar surface area (TPSA) is 41.1 Å². The minimum absolute atomic E-state index is 0.0682. The van der Waals surface area contributed by atoms with Crippen molar-refractivity contribution in [3.8, 4) is 0 Å². The summed E-state index contributed by atoms with van der Waals surface area (Å²) in [6, 6.07) is 9.26. The van der Waals surface area contributed by atoms with Crippen molar-refractivity contribution in [1.82, 2.24) is 5.32 Å². The Hall–Kier alpha value is -2.09. The number of benzene rings is 2. The lowest BCUT2D eigenvalue weighted by atomic mass is 10.2. The van der Waals surface area contributed by atoms with Gasteiger partial charge in [0, 0.05) is 16.7 Å². The minimum Gasteiger partial charge on any atom is -0.376 e. The smallest absolute Gasteiger partial charge is 0.376 e. The molecule has 2 N–H and O–H groups in total. The molecule has 0 spiro atoms. The van der Waals surface area contributed by atoms with Crippen LogP contribution in [0.4, 0.5) is 23.2 Å². The van der Waals surface area contributed by atoms with Gasteiger partial charge in [-0.1, -0.05) is 28.1 Å². The van der Waals surface area contributed by atoms with Crippen molar-refractivity contribution in [3.63, 3.8) is 0 Å². The average Bonchev–Trinajstić information content (AvgIpc) is 2.52. The van der Waals surface area contributed by atoms with Crippen molar-refractivity contribution >= 4 is 27.5 Å². The summed E-state index contributed by atoms with van der Waals surface area (Å²) in [5, 5.41) is 5.23. The fourth-order valence-corrected chi connectivity index (χ4v) is 2.37. The third kappa shape index (κ3) is 5.23. The molecule has 0 aliphatic carbocycles. The zero-order valence-corrected chi connectivity index (χ0v) is 13.8. The molecular weight excluding hydrogens is 392 g/mol. The number of halogens is 5. The van der Waals surface area contributed by atoms with Gasteiger partial charge in [0.05, 0.1) is 12.1 Å². The van der Waals surface area contributed by atoms with E-state index in [0.29, 0.717) is 5.56 Å². The number of carbonyl (C=O) groups is 1. The van der Waals surface area contributed by atoms with Gasteiger partial charge in [0.15, 0.2) is 0 Å². The normalized spacial score (nSPS) is 11.2. The van der Waals surface area contributed by atoms with Gasteiger partial charge in [-0.25, -0.2) is 4.39 Å². The molecule has 2 aromatic rings. The molecule has 0 aromatic heterocycles. The van der Waals surface area contributed by atoms with E-state index in [9.17, 15) is 22.4 Å². The molecule has 0 saturated carbocycles. The van der Waals surface area contributed by atoms with Crippen LogP contribution in [0.2, 0.25) is 0 Å². The zero-order valence-electron chi connectivity index (χ0n) is 12.3. The van der Waals surface area contributed by atoms with Crippen molar-refractivity contribution in [3.05, 3.63) is 63.9 Å². The van der Waals surface area contributed by atoms with Gasteiger partial charge < -0.3 is 10.6 Å². The van der Waals surface area contributed by atoms with Crippen LogP contribution in [0.1, 0.15) is 11.1 Å². The maximum absolute atomic E-state index is 12.8. The summed E-state index contributed by atoms with van der Waals surface area (Å²) in [6.07, 6.45) is -4.48. The van der Waals surface area contributed by atoms with Crippen molar-refractivity contribution in [2.24, 2.45) is 0 Å². The maximum atomic E-state index is 12.8. The first-order chi connectivity index (χ1) is 11.3. The molecule has 0 aliphatic rings. The van der Waals surface area contributed by atoms with Gasteiger partial charge in [0.25, 0.3) is 0 Å². The molecule has 0 heterocycles. The summed E-state index contributed by atoms with van der Waals surface area (Å²) in [5.74, 6) is -0.766. The fourth-order valence-electron chi connectivity index (χ4n) is 1.90. The van der Waals surface area contributed by atoms with Crippen LogP contribution in [-0.2, 0) is 17.5 Å². The second-order valence-corrected chi connectivity index (χ2v) is 5.80. The van der Waals surface area contributed by atoms with Crippen molar-refractivity contribution in [1.29, 1.82) is 0 Å². The Bertz CT molecular complexity index is 717. The number of alkyl halides is 3. The summed E-state index contributed by atoms with van der Waals surface area (Å²) < 4.78 is 51.1. The average molecular weight is 405 g/mol. The predicted octanol–water partition coefficient (Wildman–Crippen LogP) is 4.34. The number of rotatable bonds is 5. The Morgan fingerprint density at radius 3 is 2.38 bits per heavy atom. The second kappa shape index (κ2) is 7.65. The Morgan fingerprint density at radius 1 is 1.08 bits per heavy atom. The monoisotopic (exact) mass is 404 g/mol. The Kier molecular flexibility index (Phi) is 5.82. The molecule has 2 aromatic carbocycles. The summed E-state index contributed by atoms with van der Waals surface area (Å²) in [7, 11) is 0. The Morgan fingerprint density at radius 2 is 1.75 bits per heavy atom. The molecule has 0 saturated heterocycles. The van der Waals surface area contributed by atoms with Crippen LogP contribution in [0.15, 0.2) is 46.9 Å². The van der Waals surface area contributed by atoms with Crippen molar-refractivity contribution < 1.29 is 22.4 Å². The van der Waals surface area contributed by atoms with E-state index in [1.54, 1.807) is 0 Å². The van der Waals surface area contributed by atoms with E-state index < -0.39 is 17.6 Å². The largest absolute Gasteiger partial charge is 0.417 e. The number of hydrogen-bond acceptors (Lipinski definition) is 2. The molecule has 0 fully saturated rings. The molecule has 128 valence electrons. The standard InChI is InChI=1S/C16H13BrF4N2O/c17-14-6-5-12(7-13(14)16(19,20)21)22-9-15(24)23-8-10-1-3-11(18)4-2-10/h1-7,22H,8-9H2,(H,23,24). The molecular formula is C16H13BrF4N2O. The van der Waals surface area contributed by atoms with E-state index >= 15 is 0 Å². The molecule has 24 heavy (non-hydrogen) atoms. The van der Waals surface area contributed by atoms with Crippen molar-refractivity contribution in [2.45, 2.75) is 12.7 Å². The molecule has 0 bridgehead atoms. The molecule has 2 rings (SSSR count). The number of anilines is 1. The zero-order chi connectivity index (χ0) is 17.7. The van der Waals surface area contributed by atoms with E-state index in [2.05, 4.69) is 26.6 Å². The molecule has 1 amide bonds. The first-order valence-corrected chi connectivity index (χ1v) is 7.67. The first kappa shape index (κ1) is 18.3. The van der Waals surface area contributed by atoms with Gasteiger partial charge in [-0.2, -0.15) is 13.2 Å². The van der Waals surface area contributed by atoms with Gasteiger partial charge >= 0.3 is 6.18 Å². The molecule has 0 aliphatic heterocycles. The summed E-state index contributed by atoms with van der Waals surface area (Å²) in [5.41, 5.74) is 0.0782. The van der Waals surface area contributed by atoms with Crippen LogP contribution in [0, 0.1) is 5.82 Å². The highest BCUT2D eigenvalue weighted by molar-refractivity contribution is 9.10. The summed E-state index contributed by atoms with van der Waals surface area (Å²) >= 11 is 2.85. The number of amides is 1. The van der Waals surface area contributed by atoms with Crippen LogP contribution in [0.25, 0.3) is 0 Å². The van der Waals surface area contributed by atoms with E-state index in [-0.39, 0.29) is 29.1 Å². The SMILES string of the molecule is O=C(CNc1ccc(Br)c(C(F)(F)F)c1)NCc1ccc(F)cc1. The lowest BCUT2D eigenvalue weighted by Crippen LogP contribution is -2.29. The first-order valence-electron chi connectivity index (χ1n) is 6.87. The highest BCUT2D eigenvalue weighted by Crippen LogP contribution is 2.36. The number of nitrogens with one attached hydrogen (secondary N) is 2. The van der Waals surface area contributed by atoms with E-state index in [0.717, 1.165) is 6.07 Å². The van der Waals surface area contributed by atoms with Crippen LogP contribution in [-0.4, -0.2) is 12.5 Å². The fraction of sp³-hybridized carbons (Fsp3) is 0.188. The molecule has 0 atom stereocenters. The van der Waals surface area contributed by atoms with Gasteiger partial charge in [-0.05, 0) is 35.9 Å². The summed E-state index contributed by atoms with van der Waals surface area (Å²) in [4.78, 5) is 11.7. The third-order valence-corrected chi connectivity index (χ3v) is 3.82. The maximum Gasteiger partial charge on any atom is 0.417 e. The van der Waals surface area contributed by atoms with E-state index in [1.807, 2.05) is 0 Å². The number of hydrogen-bond donors (Lipinski definition) is 2. The van der Waals surface area contributed by atoms with Crippen LogP contribution in [0.5, 0.6) is 0 Å². The Labute approximate surface area is 144 Å². The lowest BCUT2D eigenvalue weighted by Gasteiger charge is -2.12. The lowest BCUT2D eigenvalue weighted by molar-refractivity contribution is -0.138. The second-order valence-electron chi connectivity index (χ2n) is 4.95. The predicted molar refractivity (Wildman–Crippen MR) is 85.9 cm³/mol. The van der Waals surface area contributed by atoms with Gasteiger partial charge in [0.1, 0.15) is 5.82 Å². The number of carbonyl (C=O) groups excluding carboxylic acids is 1. The van der Waals surface area contributed by atoms with Gasteiger partial charge in [-0.3, -0.25) is 4.79 Å². The summed E-state index contributed by atoms with van der Waals surface area (Å²) in [6.45, 7) is 0.0229.